The second kappa shape index (κ2) is 14.8. The molecule has 3 fully saturated rings. The molecule has 0 spiro atoms. The third-order valence-electron chi connectivity index (χ3n) is 10.1. The fraction of sp³-hybridized carbons (Fsp3) is 0.559. The predicted octanol–water partition coefficient (Wildman–Crippen LogP) is 4.65. The van der Waals surface area contributed by atoms with Gasteiger partial charge in [0.25, 0.3) is 0 Å². The number of rotatable bonds is 7. The number of nitrogens with one attached hydrogen (secondary N) is 1. The van der Waals surface area contributed by atoms with Crippen LogP contribution in [0, 0.1) is 5.92 Å². The maximum atomic E-state index is 14.0. The van der Waals surface area contributed by atoms with Crippen LogP contribution in [-0.4, -0.2) is 114 Å². The van der Waals surface area contributed by atoms with E-state index in [1.54, 1.807) is 12.1 Å². The summed E-state index contributed by atoms with van der Waals surface area (Å²) in [6.45, 7) is 6.09. The third kappa shape index (κ3) is 7.56. The predicted molar refractivity (Wildman–Crippen MR) is 177 cm³/mol. The van der Waals surface area contributed by atoms with Gasteiger partial charge in [0.05, 0.1) is 16.0 Å². The zero-order valence-corrected chi connectivity index (χ0v) is 27.6. The van der Waals surface area contributed by atoms with Crippen LogP contribution in [0.2, 0.25) is 10.0 Å². The van der Waals surface area contributed by atoms with Crippen LogP contribution >= 0.6 is 23.2 Å². The summed E-state index contributed by atoms with van der Waals surface area (Å²) in [5.41, 5.74) is 2.69. The highest BCUT2D eigenvalue weighted by molar-refractivity contribution is 6.37. The van der Waals surface area contributed by atoms with Crippen molar-refractivity contribution >= 4 is 46.7 Å². The summed E-state index contributed by atoms with van der Waals surface area (Å²) in [5, 5.41) is 13.4. The summed E-state index contributed by atoms with van der Waals surface area (Å²) < 4.78 is 5.53. The van der Waals surface area contributed by atoms with E-state index in [1.165, 1.54) is 0 Å². The average Bonchev–Trinajstić information content (AvgIpc) is 3.25. The minimum atomic E-state index is -0.591. The van der Waals surface area contributed by atoms with Crippen LogP contribution in [-0.2, 0) is 27.2 Å². The first kappa shape index (κ1) is 32.9. The first-order chi connectivity index (χ1) is 22.3. The zero-order chi connectivity index (χ0) is 32.2. The molecule has 0 aromatic heterocycles. The Labute approximate surface area is 280 Å². The number of hydrogen-bond acceptors (Lipinski definition) is 6. The van der Waals surface area contributed by atoms with Gasteiger partial charge in [-0.25, -0.2) is 4.79 Å². The quantitative estimate of drug-likeness (QED) is 0.444. The number of likely N-dealkylation sites (tertiary alicyclic amines) is 1. The molecule has 12 heteroatoms. The molecule has 4 amide bonds. The van der Waals surface area contributed by atoms with E-state index in [4.69, 9.17) is 27.9 Å². The third-order valence-corrected chi connectivity index (χ3v) is 10.6. The van der Waals surface area contributed by atoms with Crippen molar-refractivity contribution in [2.75, 3.05) is 64.3 Å². The SMILES string of the molecule is O=C(C[C@H](Cc1cc(Cl)c(O)c(Cl)c1)C(=O)N1CCN(C2CCOCC2)CC1)N1CCC(N2CCc3ccccc3NC2=O)CC1. The summed E-state index contributed by atoms with van der Waals surface area (Å²) in [7, 11) is 0. The number of hydrogen-bond donors (Lipinski definition) is 2. The van der Waals surface area contributed by atoms with Crippen LogP contribution in [0.4, 0.5) is 10.5 Å². The molecule has 3 saturated heterocycles. The molecule has 4 aliphatic rings. The van der Waals surface area contributed by atoms with Crippen LogP contribution < -0.4 is 5.32 Å². The topological polar surface area (TPSA) is 106 Å². The Balaban J connectivity index is 1.09. The van der Waals surface area contributed by atoms with Gasteiger partial charge >= 0.3 is 6.03 Å². The van der Waals surface area contributed by atoms with E-state index in [1.807, 2.05) is 39.0 Å². The Kier molecular flexibility index (Phi) is 10.6. The van der Waals surface area contributed by atoms with E-state index >= 15 is 0 Å². The number of piperidine rings is 1. The molecular weight excluding hydrogens is 629 g/mol. The Bertz CT molecular complexity index is 1400. The lowest BCUT2D eigenvalue weighted by atomic mass is 9.92. The normalized spacial score (nSPS) is 21.0. The Morgan fingerprint density at radius 1 is 0.891 bits per heavy atom. The number of nitrogens with zero attached hydrogens (tertiary/aromatic N) is 4. The molecule has 46 heavy (non-hydrogen) atoms. The van der Waals surface area contributed by atoms with E-state index in [-0.39, 0.29) is 52.5 Å². The number of benzene rings is 2. The molecule has 10 nitrogen and oxygen atoms in total. The molecule has 1 atom stereocenters. The van der Waals surface area contributed by atoms with Crippen LogP contribution in [0.15, 0.2) is 36.4 Å². The number of phenols is 1. The van der Waals surface area contributed by atoms with E-state index in [2.05, 4.69) is 10.2 Å². The summed E-state index contributed by atoms with van der Waals surface area (Å²) in [6, 6.07) is 11.6. The number of fused-ring (bicyclic) bond motifs is 1. The second-order valence-corrected chi connectivity index (χ2v) is 13.7. The van der Waals surface area contributed by atoms with Crippen molar-refractivity contribution in [3.63, 3.8) is 0 Å². The highest BCUT2D eigenvalue weighted by Crippen LogP contribution is 2.34. The standard InChI is InChI=1S/C34H43Cl2N5O5/c35-28-20-23(21-29(36)32(28)43)19-25(33(44)40-15-13-38(14-16-40)26-8-17-46-18-9-26)22-31(42)39-10-6-27(7-11-39)41-12-5-24-3-1-2-4-30(24)37-34(41)45/h1-4,20-21,25-27,43H,5-19,22H2,(H,37,45)/t25-/m0/s1. The number of aromatic hydroxyl groups is 1. The molecule has 0 unspecified atom stereocenters. The summed E-state index contributed by atoms with van der Waals surface area (Å²) >= 11 is 12.4. The molecule has 2 N–H and O–H groups in total. The number of ether oxygens (including phenoxy) is 1. The number of carbonyl (C=O) groups is 3. The number of amides is 4. The van der Waals surface area contributed by atoms with Gasteiger partial charge in [-0.05, 0) is 67.9 Å². The number of piperazine rings is 1. The monoisotopic (exact) mass is 671 g/mol. The van der Waals surface area contributed by atoms with Crippen LogP contribution in [0.5, 0.6) is 5.75 Å². The maximum Gasteiger partial charge on any atom is 0.322 e. The molecule has 0 saturated carbocycles. The van der Waals surface area contributed by atoms with E-state index < -0.39 is 5.92 Å². The minimum absolute atomic E-state index is 0.0454. The Morgan fingerprint density at radius 2 is 1.57 bits per heavy atom. The van der Waals surface area contributed by atoms with Crippen molar-refractivity contribution in [1.82, 2.24) is 19.6 Å². The molecular formula is C34H43Cl2N5O5. The fourth-order valence-corrected chi connectivity index (χ4v) is 7.92. The number of anilines is 1. The Morgan fingerprint density at radius 3 is 2.26 bits per heavy atom. The first-order valence-electron chi connectivity index (χ1n) is 16.5. The number of phenolic OH excluding ortho intramolecular Hbond substituents is 1. The van der Waals surface area contributed by atoms with Crippen molar-refractivity contribution in [2.24, 2.45) is 5.92 Å². The van der Waals surface area contributed by atoms with Gasteiger partial charge < -0.3 is 29.9 Å². The molecule has 0 aliphatic carbocycles. The average molecular weight is 673 g/mol. The highest BCUT2D eigenvalue weighted by atomic mass is 35.5. The van der Waals surface area contributed by atoms with Crippen LogP contribution in [0.25, 0.3) is 0 Å². The van der Waals surface area contributed by atoms with Crippen molar-refractivity contribution in [1.29, 1.82) is 0 Å². The minimum Gasteiger partial charge on any atom is -0.505 e. The smallest absolute Gasteiger partial charge is 0.322 e. The molecule has 2 aromatic carbocycles. The van der Waals surface area contributed by atoms with Gasteiger partial charge in [-0.15, -0.1) is 0 Å². The van der Waals surface area contributed by atoms with Gasteiger partial charge in [0.1, 0.15) is 0 Å². The van der Waals surface area contributed by atoms with E-state index in [9.17, 15) is 19.5 Å². The molecule has 4 aliphatic heterocycles. The van der Waals surface area contributed by atoms with Crippen molar-refractivity contribution in [2.45, 2.75) is 57.0 Å². The number of urea groups is 1. The zero-order valence-electron chi connectivity index (χ0n) is 26.1. The lowest BCUT2D eigenvalue weighted by Crippen LogP contribution is -2.54. The Hall–Kier alpha value is -3.05. The van der Waals surface area contributed by atoms with E-state index in [0.717, 1.165) is 56.8 Å². The van der Waals surface area contributed by atoms with Gasteiger partial charge in [0.15, 0.2) is 5.75 Å². The van der Waals surface area contributed by atoms with Crippen LogP contribution in [0.1, 0.15) is 43.2 Å². The lowest BCUT2D eigenvalue weighted by molar-refractivity contribution is -0.143. The highest BCUT2D eigenvalue weighted by Gasteiger charge is 2.35. The molecule has 0 radical (unpaired) electrons. The lowest BCUT2D eigenvalue weighted by Gasteiger charge is -2.41. The largest absolute Gasteiger partial charge is 0.505 e. The molecule has 0 bridgehead atoms. The maximum absolute atomic E-state index is 14.0. The van der Waals surface area contributed by atoms with Gasteiger partial charge in [0, 0.05) is 83.2 Å². The molecule has 6 rings (SSSR count). The van der Waals surface area contributed by atoms with Crippen LogP contribution in [0.3, 0.4) is 0 Å². The number of carbonyl (C=O) groups excluding carboxylic acids is 3. The van der Waals surface area contributed by atoms with Gasteiger partial charge in [0.2, 0.25) is 11.8 Å². The van der Waals surface area contributed by atoms with E-state index in [0.29, 0.717) is 57.2 Å². The van der Waals surface area contributed by atoms with Crippen molar-refractivity contribution in [3.05, 3.63) is 57.6 Å². The van der Waals surface area contributed by atoms with Gasteiger partial charge in [-0.2, -0.15) is 0 Å². The van der Waals surface area contributed by atoms with Crippen molar-refractivity contribution in [3.8, 4) is 5.75 Å². The fourth-order valence-electron chi connectivity index (χ4n) is 7.39. The second-order valence-electron chi connectivity index (χ2n) is 12.9. The molecule has 4 heterocycles. The first-order valence-corrected chi connectivity index (χ1v) is 17.2. The van der Waals surface area contributed by atoms with Gasteiger partial charge in [-0.1, -0.05) is 41.4 Å². The van der Waals surface area contributed by atoms with Gasteiger partial charge in [-0.3, -0.25) is 14.5 Å². The molecule has 248 valence electrons. The number of halogens is 2. The summed E-state index contributed by atoms with van der Waals surface area (Å²) in [5.74, 6) is -0.899. The molecule has 2 aromatic rings. The number of para-hydroxylation sites is 1. The van der Waals surface area contributed by atoms with Crippen molar-refractivity contribution < 1.29 is 24.2 Å². The summed E-state index contributed by atoms with van der Waals surface area (Å²) in [6.07, 6.45) is 4.54. The summed E-state index contributed by atoms with van der Waals surface area (Å²) in [4.78, 5) is 48.9.